The third-order valence-corrected chi connectivity index (χ3v) is 5.14. The molecule has 0 saturated heterocycles. The zero-order valence-electron chi connectivity index (χ0n) is 10.6. The van der Waals surface area contributed by atoms with Crippen molar-refractivity contribution in [3.8, 4) is 0 Å². The van der Waals surface area contributed by atoms with Crippen LogP contribution in [0.25, 0.3) is 0 Å². The van der Waals surface area contributed by atoms with Gasteiger partial charge in [0, 0.05) is 10.5 Å². The molecule has 0 heterocycles. The molecule has 0 radical (unpaired) electrons. The summed E-state index contributed by atoms with van der Waals surface area (Å²) in [4.78, 5) is 0.174. The van der Waals surface area contributed by atoms with Gasteiger partial charge < -0.3 is 5.11 Å². The van der Waals surface area contributed by atoms with E-state index in [9.17, 15) is 13.5 Å². The Morgan fingerprint density at radius 1 is 1.33 bits per heavy atom. The third kappa shape index (κ3) is 3.78. The normalized spacial score (nSPS) is 14.5. The van der Waals surface area contributed by atoms with Crippen LogP contribution in [-0.4, -0.2) is 26.2 Å². The lowest BCUT2D eigenvalue weighted by atomic mass is 9.88. The second-order valence-corrected chi connectivity index (χ2v) is 7.69. The standard InChI is InChI=1S/C12H18BrNO3S/c1-12(2,3)11(8-15)14-18(16,17)10-7-5-4-6-9(10)13/h4-7,11,14-15H,8H2,1-3H3/t11-/m1/s1. The first kappa shape index (κ1) is 15.6. The van der Waals surface area contributed by atoms with Crippen LogP contribution in [-0.2, 0) is 10.0 Å². The molecule has 0 aliphatic heterocycles. The van der Waals surface area contributed by atoms with Crippen molar-refractivity contribution >= 4 is 26.0 Å². The fourth-order valence-corrected chi connectivity index (χ4v) is 3.84. The van der Waals surface area contributed by atoms with E-state index in [0.29, 0.717) is 4.47 Å². The molecule has 18 heavy (non-hydrogen) atoms. The smallest absolute Gasteiger partial charge is 0.242 e. The molecule has 4 nitrogen and oxygen atoms in total. The molecule has 0 saturated carbocycles. The fraction of sp³-hybridized carbons (Fsp3) is 0.500. The summed E-state index contributed by atoms with van der Waals surface area (Å²) >= 11 is 3.21. The maximum atomic E-state index is 12.2. The molecule has 1 rings (SSSR count). The van der Waals surface area contributed by atoms with E-state index in [4.69, 9.17) is 0 Å². The second kappa shape index (κ2) is 5.69. The van der Waals surface area contributed by atoms with Crippen LogP contribution < -0.4 is 4.72 Å². The van der Waals surface area contributed by atoms with Crippen LogP contribution in [0.1, 0.15) is 20.8 Å². The van der Waals surface area contributed by atoms with Gasteiger partial charge in [0.25, 0.3) is 0 Å². The van der Waals surface area contributed by atoms with Crippen LogP contribution in [0, 0.1) is 5.41 Å². The molecular weight excluding hydrogens is 318 g/mol. The van der Waals surface area contributed by atoms with E-state index in [-0.39, 0.29) is 16.9 Å². The van der Waals surface area contributed by atoms with Crippen molar-refractivity contribution in [2.75, 3.05) is 6.61 Å². The minimum absolute atomic E-state index is 0.174. The number of aliphatic hydroxyl groups is 1. The van der Waals surface area contributed by atoms with Gasteiger partial charge in [0.15, 0.2) is 0 Å². The summed E-state index contributed by atoms with van der Waals surface area (Å²) in [5, 5.41) is 9.30. The maximum Gasteiger partial charge on any atom is 0.242 e. The minimum atomic E-state index is -3.64. The molecular formula is C12H18BrNO3S. The largest absolute Gasteiger partial charge is 0.395 e. The highest BCUT2D eigenvalue weighted by atomic mass is 79.9. The first-order valence-corrected chi connectivity index (χ1v) is 7.84. The molecule has 0 amide bonds. The van der Waals surface area contributed by atoms with Gasteiger partial charge in [-0.1, -0.05) is 32.9 Å². The Balaban J connectivity index is 3.06. The summed E-state index contributed by atoms with van der Waals surface area (Å²) in [6.45, 7) is 5.37. The third-order valence-electron chi connectivity index (χ3n) is 2.65. The lowest BCUT2D eigenvalue weighted by molar-refractivity contribution is 0.177. The van der Waals surface area contributed by atoms with Crippen LogP contribution in [0.2, 0.25) is 0 Å². The van der Waals surface area contributed by atoms with E-state index in [1.807, 2.05) is 20.8 Å². The number of aliphatic hydroxyl groups excluding tert-OH is 1. The summed E-state index contributed by atoms with van der Waals surface area (Å²) < 4.78 is 27.5. The SMILES string of the molecule is CC(C)(C)[C@@H](CO)NS(=O)(=O)c1ccccc1Br. The van der Waals surface area contributed by atoms with E-state index in [1.165, 1.54) is 6.07 Å². The van der Waals surface area contributed by atoms with Gasteiger partial charge in [-0.3, -0.25) is 0 Å². The Kier molecular flexibility index (Phi) is 4.94. The number of hydrogen-bond acceptors (Lipinski definition) is 3. The van der Waals surface area contributed by atoms with Crippen molar-refractivity contribution in [1.82, 2.24) is 4.72 Å². The van der Waals surface area contributed by atoms with Crippen LogP contribution >= 0.6 is 15.9 Å². The van der Waals surface area contributed by atoms with Gasteiger partial charge in [-0.15, -0.1) is 0 Å². The Hall–Kier alpha value is -0.430. The number of benzene rings is 1. The van der Waals surface area contributed by atoms with Gasteiger partial charge >= 0.3 is 0 Å². The van der Waals surface area contributed by atoms with Crippen LogP contribution in [0.4, 0.5) is 0 Å². The highest BCUT2D eigenvalue weighted by molar-refractivity contribution is 9.10. The Morgan fingerprint density at radius 3 is 2.33 bits per heavy atom. The lowest BCUT2D eigenvalue weighted by Gasteiger charge is -2.29. The Morgan fingerprint density at radius 2 is 1.89 bits per heavy atom. The van der Waals surface area contributed by atoms with Crippen LogP contribution in [0.5, 0.6) is 0 Å². The van der Waals surface area contributed by atoms with E-state index in [2.05, 4.69) is 20.7 Å². The topological polar surface area (TPSA) is 66.4 Å². The van der Waals surface area contributed by atoms with E-state index in [0.717, 1.165) is 0 Å². The van der Waals surface area contributed by atoms with Gasteiger partial charge in [-0.2, -0.15) is 0 Å². The van der Waals surface area contributed by atoms with E-state index >= 15 is 0 Å². The average molecular weight is 336 g/mol. The van der Waals surface area contributed by atoms with Gasteiger partial charge in [0.1, 0.15) is 0 Å². The minimum Gasteiger partial charge on any atom is -0.395 e. The lowest BCUT2D eigenvalue weighted by Crippen LogP contribution is -2.46. The molecule has 0 aliphatic carbocycles. The molecule has 0 aromatic heterocycles. The highest BCUT2D eigenvalue weighted by Crippen LogP contribution is 2.24. The zero-order valence-corrected chi connectivity index (χ0v) is 13.0. The summed E-state index contributed by atoms with van der Waals surface area (Å²) in [5.41, 5.74) is -0.358. The zero-order chi connectivity index (χ0) is 14.0. The molecule has 1 atom stereocenters. The predicted octanol–water partition coefficient (Wildman–Crippen LogP) is 2.13. The molecule has 0 fully saturated rings. The van der Waals surface area contributed by atoms with Crippen molar-refractivity contribution < 1.29 is 13.5 Å². The van der Waals surface area contributed by atoms with Crippen LogP contribution in [0.15, 0.2) is 33.6 Å². The quantitative estimate of drug-likeness (QED) is 0.885. The Labute approximate surface area is 117 Å². The van der Waals surface area contributed by atoms with Crippen molar-refractivity contribution in [3.63, 3.8) is 0 Å². The highest BCUT2D eigenvalue weighted by Gasteiger charge is 2.29. The van der Waals surface area contributed by atoms with Gasteiger partial charge in [-0.25, -0.2) is 13.1 Å². The molecule has 0 aliphatic rings. The molecule has 1 aromatic carbocycles. The first-order chi connectivity index (χ1) is 8.18. The van der Waals surface area contributed by atoms with E-state index < -0.39 is 16.1 Å². The molecule has 6 heteroatoms. The number of sulfonamides is 1. The molecule has 1 aromatic rings. The second-order valence-electron chi connectivity index (χ2n) is 5.15. The molecule has 0 bridgehead atoms. The number of hydrogen-bond donors (Lipinski definition) is 2. The van der Waals surface area contributed by atoms with Crippen LogP contribution in [0.3, 0.4) is 0 Å². The summed E-state index contributed by atoms with van der Waals surface area (Å²) in [6, 6.07) is 6.05. The first-order valence-electron chi connectivity index (χ1n) is 5.56. The van der Waals surface area contributed by atoms with Crippen molar-refractivity contribution in [2.24, 2.45) is 5.41 Å². The average Bonchev–Trinajstić information content (AvgIpc) is 2.24. The predicted molar refractivity (Wildman–Crippen MR) is 74.8 cm³/mol. The number of nitrogens with one attached hydrogen (secondary N) is 1. The molecule has 0 unspecified atom stereocenters. The molecule has 2 N–H and O–H groups in total. The Bertz CT molecular complexity index is 508. The van der Waals surface area contributed by atoms with Crippen molar-refractivity contribution in [1.29, 1.82) is 0 Å². The summed E-state index contributed by atoms with van der Waals surface area (Å²) in [7, 11) is -3.64. The number of rotatable bonds is 4. The molecule has 0 spiro atoms. The van der Waals surface area contributed by atoms with E-state index in [1.54, 1.807) is 18.2 Å². The monoisotopic (exact) mass is 335 g/mol. The fourth-order valence-electron chi connectivity index (χ4n) is 1.40. The van der Waals surface area contributed by atoms with Gasteiger partial charge in [-0.05, 0) is 33.5 Å². The summed E-state index contributed by atoms with van der Waals surface area (Å²) in [6.07, 6.45) is 0. The van der Waals surface area contributed by atoms with Crippen molar-refractivity contribution in [3.05, 3.63) is 28.7 Å². The molecule has 102 valence electrons. The maximum absolute atomic E-state index is 12.2. The number of halogens is 1. The van der Waals surface area contributed by atoms with Gasteiger partial charge in [0.2, 0.25) is 10.0 Å². The van der Waals surface area contributed by atoms with Crippen molar-refractivity contribution in [2.45, 2.75) is 31.7 Å². The van der Waals surface area contributed by atoms with Gasteiger partial charge in [0.05, 0.1) is 11.5 Å². The summed E-state index contributed by atoms with van der Waals surface area (Å²) in [5.74, 6) is 0.